The van der Waals surface area contributed by atoms with Crippen molar-refractivity contribution in [1.29, 1.82) is 0 Å². The predicted molar refractivity (Wildman–Crippen MR) is 80.4 cm³/mol. The largest absolute Gasteiger partial charge is 0.396 e. The molecule has 0 amide bonds. The molecule has 2 N–H and O–H groups in total. The molecule has 0 aromatic heterocycles. The van der Waals surface area contributed by atoms with Gasteiger partial charge in [-0.25, -0.2) is 0 Å². The first-order chi connectivity index (χ1) is 9.20. The molecule has 0 spiro atoms. The third-order valence-corrected chi connectivity index (χ3v) is 4.26. The molecule has 2 unspecified atom stereocenters. The fourth-order valence-corrected chi connectivity index (χ4v) is 2.84. The average Bonchev–Trinajstić information content (AvgIpc) is 2.90. The van der Waals surface area contributed by atoms with Gasteiger partial charge in [0, 0.05) is 12.6 Å². The van der Waals surface area contributed by atoms with E-state index >= 15 is 0 Å². The molecule has 0 fully saturated rings. The van der Waals surface area contributed by atoms with Gasteiger partial charge in [0.05, 0.1) is 0 Å². The fraction of sp³-hybridized carbons (Fsp3) is 0.647. The Kier molecular flexibility index (Phi) is 5.41. The number of hydrogen-bond acceptors (Lipinski definition) is 2. The topological polar surface area (TPSA) is 32.3 Å². The van der Waals surface area contributed by atoms with Crippen LogP contribution in [0, 0.1) is 5.92 Å². The molecule has 1 aromatic rings. The van der Waals surface area contributed by atoms with Crippen LogP contribution in [0.25, 0.3) is 0 Å². The Morgan fingerprint density at radius 2 is 2.00 bits per heavy atom. The van der Waals surface area contributed by atoms with Crippen LogP contribution in [0.3, 0.4) is 0 Å². The van der Waals surface area contributed by atoms with E-state index in [4.69, 9.17) is 5.11 Å². The first kappa shape index (κ1) is 14.5. The van der Waals surface area contributed by atoms with Crippen molar-refractivity contribution in [2.45, 2.75) is 52.0 Å². The molecule has 2 atom stereocenters. The first-order valence-corrected chi connectivity index (χ1v) is 7.66. The molecular weight excluding hydrogens is 234 g/mol. The first-order valence-electron chi connectivity index (χ1n) is 7.66. The molecule has 2 rings (SSSR count). The summed E-state index contributed by atoms with van der Waals surface area (Å²) in [7, 11) is 0. The molecule has 19 heavy (non-hydrogen) atoms. The van der Waals surface area contributed by atoms with E-state index in [1.54, 1.807) is 11.1 Å². The Balaban J connectivity index is 1.78. The molecule has 0 bridgehead atoms. The number of aryl methyl sites for hydroxylation is 2. The van der Waals surface area contributed by atoms with Crippen molar-refractivity contribution in [3.8, 4) is 0 Å². The Labute approximate surface area is 117 Å². The number of nitrogens with one attached hydrogen (secondary N) is 1. The highest BCUT2D eigenvalue weighted by atomic mass is 16.3. The smallest absolute Gasteiger partial charge is 0.0456 e. The van der Waals surface area contributed by atoms with Gasteiger partial charge in [0.1, 0.15) is 0 Å². The molecule has 0 radical (unpaired) electrons. The van der Waals surface area contributed by atoms with Crippen LogP contribution in [-0.4, -0.2) is 18.3 Å². The highest BCUT2D eigenvalue weighted by Gasteiger charge is 2.13. The summed E-state index contributed by atoms with van der Waals surface area (Å²) < 4.78 is 0. The maximum absolute atomic E-state index is 8.99. The highest BCUT2D eigenvalue weighted by molar-refractivity contribution is 5.36. The molecule has 2 heteroatoms. The maximum Gasteiger partial charge on any atom is 0.0456 e. The normalized spacial score (nSPS) is 17.2. The van der Waals surface area contributed by atoms with Crippen molar-refractivity contribution in [1.82, 2.24) is 5.32 Å². The second-order valence-corrected chi connectivity index (χ2v) is 5.99. The summed E-state index contributed by atoms with van der Waals surface area (Å²) in [5, 5.41) is 12.6. The third-order valence-electron chi connectivity index (χ3n) is 4.26. The van der Waals surface area contributed by atoms with Crippen molar-refractivity contribution in [3.63, 3.8) is 0 Å². The zero-order chi connectivity index (χ0) is 13.7. The zero-order valence-electron chi connectivity index (χ0n) is 12.3. The molecule has 2 nitrogen and oxygen atoms in total. The van der Waals surface area contributed by atoms with Crippen LogP contribution >= 0.6 is 0 Å². The minimum atomic E-state index is 0.306. The summed E-state index contributed by atoms with van der Waals surface area (Å²) in [5.41, 5.74) is 4.52. The monoisotopic (exact) mass is 261 g/mol. The van der Waals surface area contributed by atoms with Gasteiger partial charge in [-0.15, -0.1) is 0 Å². The molecule has 1 aliphatic carbocycles. The van der Waals surface area contributed by atoms with Gasteiger partial charge in [-0.1, -0.05) is 25.1 Å². The Bertz CT molecular complexity index is 402. The number of benzene rings is 1. The second kappa shape index (κ2) is 7.06. The van der Waals surface area contributed by atoms with E-state index in [0.717, 1.165) is 19.4 Å². The summed E-state index contributed by atoms with van der Waals surface area (Å²) in [4.78, 5) is 0. The quantitative estimate of drug-likeness (QED) is 0.739. The van der Waals surface area contributed by atoms with E-state index in [0.29, 0.717) is 18.6 Å². The van der Waals surface area contributed by atoms with Gasteiger partial charge in [-0.2, -0.15) is 0 Å². The van der Waals surface area contributed by atoms with Crippen LogP contribution in [-0.2, 0) is 12.8 Å². The molecular formula is C17H27NO. The Morgan fingerprint density at radius 1 is 1.21 bits per heavy atom. The van der Waals surface area contributed by atoms with Crippen LogP contribution < -0.4 is 5.32 Å². The minimum absolute atomic E-state index is 0.306. The molecule has 0 saturated carbocycles. The van der Waals surface area contributed by atoms with Gasteiger partial charge in [-0.3, -0.25) is 0 Å². The fourth-order valence-electron chi connectivity index (χ4n) is 2.84. The van der Waals surface area contributed by atoms with E-state index in [-0.39, 0.29) is 0 Å². The van der Waals surface area contributed by atoms with Crippen LogP contribution in [0.1, 0.15) is 55.8 Å². The lowest BCUT2D eigenvalue weighted by Crippen LogP contribution is -2.20. The maximum atomic E-state index is 8.99. The third kappa shape index (κ3) is 4.05. The van der Waals surface area contributed by atoms with Crippen molar-refractivity contribution < 1.29 is 5.11 Å². The van der Waals surface area contributed by atoms with Crippen molar-refractivity contribution >= 4 is 0 Å². The SMILES string of the molecule is CC(CO)CCCNC(C)c1ccc2c(c1)CCC2. The highest BCUT2D eigenvalue weighted by Crippen LogP contribution is 2.25. The summed E-state index contributed by atoms with van der Waals surface area (Å²) in [5.74, 6) is 0.428. The number of rotatable bonds is 7. The van der Waals surface area contributed by atoms with Gasteiger partial charge in [0.15, 0.2) is 0 Å². The van der Waals surface area contributed by atoms with E-state index in [9.17, 15) is 0 Å². The Hall–Kier alpha value is -0.860. The lowest BCUT2D eigenvalue weighted by molar-refractivity contribution is 0.227. The van der Waals surface area contributed by atoms with Gasteiger partial charge in [0.2, 0.25) is 0 Å². The molecule has 1 aromatic carbocycles. The molecule has 0 aliphatic heterocycles. The predicted octanol–water partition coefficient (Wildman–Crippen LogP) is 3.23. The van der Waals surface area contributed by atoms with Crippen LogP contribution in [0.2, 0.25) is 0 Å². The van der Waals surface area contributed by atoms with E-state index in [2.05, 4.69) is 37.4 Å². The lowest BCUT2D eigenvalue weighted by Gasteiger charge is -2.16. The molecule has 0 heterocycles. The van der Waals surface area contributed by atoms with Crippen LogP contribution in [0.4, 0.5) is 0 Å². The number of aliphatic hydroxyl groups is 1. The minimum Gasteiger partial charge on any atom is -0.396 e. The van der Waals surface area contributed by atoms with Crippen molar-refractivity contribution in [2.24, 2.45) is 5.92 Å². The van der Waals surface area contributed by atoms with Crippen LogP contribution in [0.15, 0.2) is 18.2 Å². The lowest BCUT2D eigenvalue weighted by atomic mass is 10.0. The van der Waals surface area contributed by atoms with Crippen molar-refractivity contribution in [3.05, 3.63) is 34.9 Å². The summed E-state index contributed by atoms with van der Waals surface area (Å²) in [6.45, 7) is 5.68. The second-order valence-electron chi connectivity index (χ2n) is 5.99. The van der Waals surface area contributed by atoms with Crippen LogP contribution in [0.5, 0.6) is 0 Å². The molecule has 0 saturated heterocycles. The van der Waals surface area contributed by atoms with E-state index in [1.165, 1.54) is 24.8 Å². The van der Waals surface area contributed by atoms with Gasteiger partial charge >= 0.3 is 0 Å². The zero-order valence-corrected chi connectivity index (χ0v) is 12.3. The van der Waals surface area contributed by atoms with Gasteiger partial charge < -0.3 is 10.4 Å². The summed E-state index contributed by atoms with van der Waals surface area (Å²) in [6, 6.07) is 7.40. The average molecular weight is 261 g/mol. The summed E-state index contributed by atoms with van der Waals surface area (Å²) in [6.07, 6.45) is 6.07. The van der Waals surface area contributed by atoms with Gasteiger partial charge in [0.25, 0.3) is 0 Å². The molecule has 106 valence electrons. The van der Waals surface area contributed by atoms with Crippen molar-refractivity contribution in [2.75, 3.05) is 13.2 Å². The van der Waals surface area contributed by atoms with E-state index < -0.39 is 0 Å². The standard InChI is InChI=1S/C17H27NO/c1-13(12-19)5-4-10-18-14(2)16-9-8-15-6-3-7-17(15)11-16/h8-9,11,13-14,18-19H,3-7,10,12H2,1-2H3. The number of fused-ring (bicyclic) bond motifs is 1. The number of hydrogen-bond donors (Lipinski definition) is 2. The number of aliphatic hydroxyl groups excluding tert-OH is 1. The van der Waals surface area contributed by atoms with Gasteiger partial charge in [-0.05, 0) is 68.2 Å². The Morgan fingerprint density at radius 3 is 2.79 bits per heavy atom. The summed E-state index contributed by atoms with van der Waals surface area (Å²) >= 11 is 0. The molecule has 1 aliphatic rings. The van der Waals surface area contributed by atoms with E-state index in [1.807, 2.05) is 0 Å².